The van der Waals surface area contributed by atoms with Gasteiger partial charge < -0.3 is 14.2 Å². The minimum atomic E-state index is -0.136. The maximum absolute atomic E-state index is 12.5. The summed E-state index contributed by atoms with van der Waals surface area (Å²) in [6.07, 6.45) is 9.86. The van der Waals surface area contributed by atoms with Crippen LogP contribution in [0.3, 0.4) is 0 Å². The van der Waals surface area contributed by atoms with Crippen molar-refractivity contribution >= 4 is 5.97 Å². The molecule has 4 bridgehead atoms. The number of hydrogen-bond acceptors (Lipinski definition) is 4. The van der Waals surface area contributed by atoms with Crippen LogP contribution in [0, 0.1) is 35.0 Å². The van der Waals surface area contributed by atoms with Crippen molar-refractivity contribution in [1.29, 1.82) is 0 Å². The van der Waals surface area contributed by atoms with Crippen LogP contribution in [-0.4, -0.2) is 31.6 Å². The first kappa shape index (κ1) is 18.7. The quantitative estimate of drug-likeness (QED) is 0.377. The molecule has 0 spiro atoms. The molecular weight excluding hydrogens is 328 g/mol. The van der Waals surface area contributed by atoms with Crippen molar-refractivity contribution in [3.8, 4) is 0 Å². The number of ether oxygens (including phenoxy) is 3. The van der Waals surface area contributed by atoms with Crippen molar-refractivity contribution in [2.75, 3.05) is 13.4 Å². The van der Waals surface area contributed by atoms with Crippen molar-refractivity contribution in [1.82, 2.24) is 0 Å². The van der Waals surface area contributed by atoms with Gasteiger partial charge >= 0.3 is 5.97 Å². The molecule has 5 aliphatic rings. The third-order valence-corrected chi connectivity index (χ3v) is 8.19. The van der Waals surface area contributed by atoms with E-state index in [1.807, 2.05) is 0 Å². The highest BCUT2D eigenvalue weighted by Gasteiger charge is 2.54. The van der Waals surface area contributed by atoms with Crippen LogP contribution in [0.15, 0.2) is 0 Å². The standard InChI is InChI=1S/C22H36O4/c1-4-18-11-19(20(5-2)26-18)21(23)25-13-24-12-22(3)16-7-14-6-15(9-16)10-17(22)8-14/h14-20H,4-13H2,1-3H3. The van der Waals surface area contributed by atoms with Gasteiger partial charge in [-0.2, -0.15) is 0 Å². The molecule has 1 saturated heterocycles. The van der Waals surface area contributed by atoms with E-state index in [0.29, 0.717) is 0 Å². The molecule has 5 rings (SSSR count). The van der Waals surface area contributed by atoms with E-state index in [9.17, 15) is 4.79 Å². The Morgan fingerprint density at radius 3 is 2.23 bits per heavy atom. The van der Waals surface area contributed by atoms with E-state index in [2.05, 4.69) is 20.8 Å². The van der Waals surface area contributed by atoms with Gasteiger partial charge in [0, 0.05) is 0 Å². The molecule has 4 saturated carbocycles. The van der Waals surface area contributed by atoms with E-state index in [1.54, 1.807) is 0 Å². The van der Waals surface area contributed by atoms with Crippen molar-refractivity contribution in [2.24, 2.45) is 35.0 Å². The van der Waals surface area contributed by atoms with Gasteiger partial charge in [0.2, 0.25) is 0 Å². The molecular formula is C22H36O4. The summed E-state index contributed by atoms with van der Waals surface area (Å²) < 4.78 is 17.4. The average molecular weight is 365 g/mol. The van der Waals surface area contributed by atoms with Gasteiger partial charge in [0.1, 0.15) is 0 Å². The Hall–Kier alpha value is -0.610. The molecule has 0 aromatic rings. The molecule has 0 radical (unpaired) electrons. The van der Waals surface area contributed by atoms with Gasteiger partial charge in [-0.25, -0.2) is 0 Å². The minimum Gasteiger partial charge on any atom is -0.438 e. The summed E-state index contributed by atoms with van der Waals surface area (Å²) in [5, 5.41) is 0. The van der Waals surface area contributed by atoms with Crippen LogP contribution in [0.5, 0.6) is 0 Å². The van der Waals surface area contributed by atoms with Gasteiger partial charge in [-0.3, -0.25) is 4.79 Å². The fourth-order valence-electron chi connectivity index (χ4n) is 6.69. The van der Waals surface area contributed by atoms with Crippen LogP contribution in [0.25, 0.3) is 0 Å². The van der Waals surface area contributed by atoms with Crippen molar-refractivity contribution in [2.45, 2.75) is 84.3 Å². The zero-order valence-corrected chi connectivity index (χ0v) is 16.7. The van der Waals surface area contributed by atoms with Gasteiger partial charge in [-0.1, -0.05) is 20.8 Å². The van der Waals surface area contributed by atoms with Crippen LogP contribution in [-0.2, 0) is 19.0 Å². The van der Waals surface area contributed by atoms with E-state index in [-0.39, 0.29) is 36.3 Å². The second kappa shape index (κ2) is 7.43. The zero-order valence-electron chi connectivity index (χ0n) is 16.7. The van der Waals surface area contributed by atoms with Crippen molar-refractivity contribution < 1.29 is 19.0 Å². The molecule has 1 heterocycles. The minimum absolute atomic E-state index is 0.00870. The third kappa shape index (κ3) is 3.32. The van der Waals surface area contributed by atoms with E-state index >= 15 is 0 Å². The first-order valence-corrected chi connectivity index (χ1v) is 10.9. The Bertz CT molecular complexity index is 488. The number of carbonyl (C=O) groups is 1. The van der Waals surface area contributed by atoms with Crippen molar-refractivity contribution in [3.63, 3.8) is 0 Å². The first-order valence-electron chi connectivity index (χ1n) is 10.9. The summed E-state index contributed by atoms with van der Waals surface area (Å²) in [6.45, 7) is 7.45. The Morgan fingerprint density at radius 1 is 1.00 bits per heavy atom. The van der Waals surface area contributed by atoms with Crippen LogP contribution in [0.4, 0.5) is 0 Å². The fraction of sp³-hybridized carbons (Fsp3) is 0.955. The lowest BCUT2D eigenvalue weighted by Gasteiger charge is -2.60. The second-order valence-corrected chi connectivity index (χ2v) is 9.70. The molecule has 4 aliphatic carbocycles. The molecule has 0 N–H and O–H groups in total. The normalized spacial score (nSPS) is 46.7. The highest BCUT2D eigenvalue weighted by Crippen LogP contribution is 2.62. The monoisotopic (exact) mass is 364 g/mol. The molecule has 4 nitrogen and oxygen atoms in total. The smallest absolute Gasteiger partial charge is 0.313 e. The maximum Gasteiger partial charge on any atom is 0.313 e. The molecule has 3 unspecified atom stereocenters. The Morgan fingerprint density at radius 2 is 1.65 bits per heavy atom. The predicted molar refractivity (Wildman–Crippen MR) is 99.4 cm³/mol. The Kier molecular flexibility index (Phi) is 5.35. The van der Waals surface area contributed by atoms with Gasteiger partial charge in [0.25, 0.3) is 0 Å². The molecule has 3 atom stereocenters. The van der Waals surface area contributed by atoms with E-state index in [1.165, 1.54) is 32.1 Å². The Balaban J connectivity index is 1.24. The first-order chi connectivity index (χ1) is 12.5. The number of carbonyl (C=O) groups excluding carboxylic acids is 1. The highest BCUT2D eigenvalue weighted by atomic mass is 16.7. The lowest BCUT2D eigenvalue weighted by atomic mass is 9.46. The molecule has 148 valence electrons. The van der Waals surface area contributed by atoms with E-state index in [0.717, 1.165) is 49.5 Å². The van der Waals surface area contributed by atoms with Crippen molar-refractivity contribution in [3.05, 3.63) is 0 Å². The van der Waals surface area contributed by atoms with Gasteiger partial charge in [-0.15, -0.1) is 0 Å². The molecule has 4 heteroatoms. The SMILES string of the molecule is CCC1CC(C(=O)OCOCC2(C)C3CC4CC(C3)CC2C4)C(CC)O1. The number of hydrogen-bond donors (Lipinski definition) is 0. The van der Waals surface area contributed by atoms with E-state index in [4.69, 9.17) is 14.2 Å². The second-order valence-electron chi connectivity index (χ2n) is 9.70. The molecule has 26 heavy (non-hydrogen) atoms. The summed E-state index contributed by atoms with van der Waals surface area (Å²) in [5.74, 6) is 3.32. The molecule has 0 aromatic heterocycles. The topological polar surface area (TPSA) is 44.8 Å². The van der Waals surface area contributed by atoms with Gasteiger partial charge in [0.15, 0.2) is 6.79 Å². The summed E-state index contributed by atoms with van der Waals surface area (Å²) in [7, 11) is 0. The predicted octanol–water partition coefficient (Wildman–Crippen LogP) is 4.56. The molecule has 1 aliphatic heterocycles. The summed E-state index contributed by atoms with van der Waals surface area (Å²) >= 11 is 0. The largest absolute Gasteiger partial charge is 0.438 e. The van der Waals surface area contributed by atoms with Crippen LogP contribution in [0.1, 0.15) is 72.1 Å². The third-order valence-electron chi connectivity index (χ3n) is 8.19. The van der Waals surface area contributed by atoms with Gasteiger partial charge in [0.05, 0.1) is 24.7 Å². The molecule has 0 amide bonds. The van der Waals surface area contributed by atoms with Crippen LogP contribution < -0.4 is 0 Å². The molecule has 0 aromatic carbocycles. The lowest BCUT2D eigenvalue weighted by Crippen LogP contribution is -2.53. The van der Waals surface area contributed by atoms with Gasteiger partial charge in [-0.05, 0) is 80.5 Å². The van der Waals surface area contributed by atoms with Crippen LogP contribution in [0.2, 0.25) is 0 Å². The summed E-state index contributed by atoms with van der Waals surface area (Å²) in [5.41, 5.74) is 0.287. The summed E-state index contributed by atoms with van der Waals surface area (Å²) in [4.78, 5) is 12.5. The lowest BCUT2D eigenvalue weighted by molar-refractivity contribution is -0.178. The number of esters is 1. The molecule has 5 fully saturated rings. The Labute approximate surface area is 158 Å². The van der Waals surface area contributed by atoms with E-state index < -0.39 is 0 Å². The average Bonchev–Trinajstić information content (AvgIpc) is 3.06. The van der Waals surface area contributed by atoms with Crippen LogP contribution >= 0.6 is 0 Å². The number of rotatable bonds is 7. The zero-order chi connectivity index (χ0) is 18.3. The summed E-state index contributed by atoms with van der Waals surface area (Å²) in [6, 6.07) is 0. The highest BCUT2D eigenvalue weighted by molar-refractivity contribution is 5.73. The fourth-order valence-corrected chi connectivity index (χ4v) is 6.69. The maximum atomic E-state index is 12.5.